The largest absolute Gasteiger partial charge is 0.497 e. The molecule has 4 heteroatoms. The quantitative estimate of drug-likeness (QED) is 0.780. The second-order valence-electron chi connectivity index (χ2n) is 7.43. The summed E-state index contributed by atoms with van der Waals surface area (Å²) in [4.78, 5) is 15.1. The standard InChI is InChI=1S/C23H27NO3/c1-26-20-9-10-21-18(16-20)6-11-22(25)23(21)17-4-7-19(8-5-17)27-15-14-24-12-2-3-13-24/h4-5,7-10,16,23H,2-3,6,11-15H2,1H3. The van der Waals surface area contributed by atoms with Gasteiger partial charge < -0.3 is 9.47 Å². The topological polar surface area (TPSA) is 38.8 Å². The zero-order valence-corrected chi connectivity index (χ0v) is 15.9. The van der Waals surface area contributed by atoms with Crippen molar-refractivity contribution in [3.8, 4) is 11.5 Å². The van der Waals surface area contributed by atoms with Gasteiger partial charge in [-0.25, -0.2) is 0 Å². The van der Waals surface area contributed by atoms with Crippen LogP contribution in [0.2, 0.25) is 0 Å². The SMILES string of the molecule is COc1ccc2c(c1)CCC(=O)C2c1ccc(OCCN2CCCC2)cc1. The smallest absolute Gasteiger partial charge is 0.145 e. The van der Waals surface area contributed by atoms with E-state index in [1.54, 1.807) is 7.11 Å². The molecule has 1 aliphatic carbocycles. The van der Waals surface area contributed by atoms with Crippen LogP contribution in [0, 0.1) is 0 Å². The summed E-state index contributed by atoms with van der Waals surface area (Å²) in [6.07, 6.45) is 3.98. The van der Waals surface area contributed by atoms with Crippen molar-refractivity contribution in [2.75, 3.05) is 33.4 Å². The zero-order chi connectivity index (χ0) is 18.6. The Balaban J connectivity index is 1.46. The van der Waals surface area contributed by atoms with Crippen molar-refractivity contribution >= 4 is 5.78 Å². The number of hydrogen-bond acceptors (Lipinski definition) is 4. The number of benzene rings is 2. The van der Waals surface area contributed by atoms with Gasteiger partial charge in [-0.05, 0) is 73.3 Å². The van der Waals surface area contributed by atoms with Gasteiger partial charge in [-0.15, -0.1) is 0 Å². The lowest BCUT2D eigenvalue weighted by molar-refractivity contribution is -0.120. The van der Waals surface area contributed by atoms with Crippen LogP contribution in [-0.4, -0.2) is 44.0 Å². The monoisotopic (exact) mass is 365 g/mol. The predicted molar refractivity (Wildman–Crippen MR) is 106 cm³/mol. The van der Waals surface area contributed by atoms with Crippen LogP contribution < -0.4 is 9.47 Å². The van der Waals surface area contributed by atoms with Gasteiger partial charge in [0.2, 0.25) is 0 Å². The summed E-state index contributed by atoms with van der Waals surface area (Å²) in [5.41, 5.74) is 3.36. The van der Waals surface area contributed by atoms with E-state index in [0.717, 1.165) is 35.6 Å². The van der Waals surface area contributed by atoms with Crippen molar-refractivity contribution in [2.24, 2.45) is 0 Å². The molecule has 1 aliphatic heterocycles. The Morgan fingerprint density at radius 2 is 1.74 bits per heavy atom. The first kappa shape index (κ1) is 18.1. The van der Waals surface area contributed by atoms with Crippen molar-refractivity contribution in [3.63, 3.8) is 0 Å². The molecule has 4 nitrogen and oxygen atoms in total. The molecule has 0 spiro atoms. The molecule has 0 saturated carbocycles. The number of likely N-dealkylation sites (tertiary alicyclic amines) is 1. The summed E-state index contributed by atoms with van der Waals surface area (Å²) >= 11 is 0. The summed E-state index contributed by atoms with van der Waals surface area (Å²) in [6, 6.07) is 14.1. The molecule has 2 aromatic carbocycles. The number of carbonyl (C=O) groups is 1. The predicted octanol–water partition coefficient (Wildman–Crippen LogP) is 3.82. The van der Waals surface area contributed by atoms with Crippen molar-refractivity contribution in [1.29, 1.82) is 0 Å². The van der Waals surface area contributed by atoms with Gasteiger partial charge in [0.15, 0.2) is 0 Å². The van der Waals surface area contributed by atoms with Crippen LogP contribution in [0.5, 0.6) is 11.5 Å². The van der Waals surface area contributed by atoms with Crippen LogP contribution >= 0.6 is 0 Å². The third kappa shape index (κ3) is 4.01. The van der Waals surface area contributed by atoms with E-state index in [2.05, 4.69) is 11.0 Å². The maximum Gasteiger partial charge on any atom is 0.145 e. The van der Waals surface area contributed by atoms with Crippen LogP contribution in [0.1, 0.15) is 41.9 Å². The van der Waals surface area contributed by atoms with Gasteiger partial charge in [-0.2, -0.15) is 0 Å². The van der Waals surface area contributed by atoms with Crippen molar-refractivity contribution < 1.29 is 14.3 Å². The van der Waals surface area contributed by atoms with Crippen LogP contribution in [0.3, 0.4) is 0 Å². The molecule has 1 heterocycles. The fourth-order valence-corrected chi connectivity index (χ4v) is 4.20. The molecule has 142 valence electrons. The van der Waals surface area contributed by atoms with E-state index in [9.17, 15) is 4.79 Å². The van der Waals surface area contributed by atoms with Gasteiger partial charge in [-0.1, -0.05) is 18.2 Å². The Bertz CT molecular complexity index is 794. The highest BCUT2D eigenvalue weighted by molar-refractivity contribution is 5.91. The molecule has 2 aliphatic rings. The van der Waals surface area contributed by atoms with Crippen molar-refractivity contribution in [2.45, 2.75) is 31.6 Å². The highest BCUT2D eigenvalue weighted by atomic mass is 16.5. The molecule has 1 unspecified atom stereocenters. The second-order valence-corrected chi connectivity index (χ2v) is 7.43. The first-order valence-corrected chi connectivity index (χ1v) is 9.89. The van der Waals surface area contributed by atoms with Crippen LogP contribution in [0.15, 0.2) is 42.5 Å². The van der Waals surface area contributed by atoms with Crippen LogP contribution in [0.25, 0.3) is 0 Å². The molecule has 0 aromatic heterocycles. The third-order valence-corrected chi connectivity index (χ3v) is 5.71. The average molecular weight is 365 g/mol. The molecule has 0 N–H and O–H groups in total. The van der Waals surface area contributed by atoms with Gasteiger partial charge in [0.25, 0.3) is 0 Å². The number of methoxy groups -OCH3 is 1. The molecule has 0 radical (unpaired) electrons. The van der Waals surface area contributed by atoms with E-state index in [1.165, 1.54) is 31.5 Å². The Hall–Kier alpha value is -2.33. The second kappa shape index (κ2) is 8.13. The molecule has 1 fully saturated rings. The van der Waals surface area contributed by atoms with Gasteiger partial charge in [0.05, 0.1) is 13.0 Å². The summed E-state index contributed by atoms with van der Waals surface area (Å²) in [5.74, 6) is 1.83. The number of hydrogen-bond donors (Lipinski definition) is 0. The highest BCUT2D eigenvalue weighted by Crippen LogP contribution is 2.36. The first-order chi connectivity index (χ1) is 13.2. The molecule has 1 saturated heterocycles. The molecule has 4 rings (SSSR count). The zero-order valence-electron chi connectivity index (χ0n) is 15.9. The van der Waals surface area contributed by atoms with E-state index >= 15 is 0 Å². The van der Waals surface area contributed by atoms with E-state index in [4.69, 9.17) is 9.47 Å². The van der Waals surface area contributed by atoms with Gasteiger partial charge >= 0.3 is 0 Å². The number of ketones is 1. The van der Waals surface area contributed by atoms with E-state index in [-0.39, 0.29) is 11.7 Å². The first-order valence-electron chi connectivity index (χ1n) is 9.89. The maximum atomic E-state index is 12.6. The number of carbonyl (C=O) groups excluding carboxylic acids is 1. The van der Waals surface area contributed by atoms with E-state index in [1.807, 2.05) is 36.4 Å². The number of rotatable bonds is 6. The number of nitrogens with zero attached hydrogens (tertiary/aromatic N) is 1. The minimum absolute atomic E-state index is 0.182. The highest BCUT2D eigenvalue weighted by Gasteiger charge is 2.29. The molecular weight excluding hydrogens is 338 g/mol. The number of ether oxygens (including phenoxy) is 2. The van der Waals surface area contributed by atoms with Crippen molar-refractivity contribution in [1.82, 2.24) is 4.90 Å². The lowest BCUT2D eigenvalue weighted by Gasteiger charge is -2.25. The Morgan fingerprint density at radius 3 is 2.48 bits per heavy atom. The lowest BCUT2D eigenvalue weighted by atomic mass is 9.78. The summed E-state index contributed by atoms with van der Waals surface area (Å²) in [6.45, 7) is 4.08. The third-order valence-electron chi connectivity index (χ3n) is 5.71. The fourth-order valence-electron chi connectivity index (χ4n) is 4.20. The normalized spacial score (nSPS) is 19.7. The molecule has 0 bridgehead atoms. The van der Waals surface area contributed by atoms with Crippen molar-refractivity contribution in [3.05, 3.63) is 59.2 Å². The summed E-state index contributed by atoms with van der Waals surface area (Å²) < 4.78 is 11.2. The van der Waals surface area contributed by atoms with Crippen LogP contribution in [-0.2, 0) is 11.2 Å². The molecule has 2 aromatic rings. The van der Waals surface area contributed by atoms with Crippen LogP contribution in [0.4, 0.5) is 0 Å². The minimum atomic E-state index is -0.182. The number of Topliss-reactive ketones (excluding diaryl/α,β-unsaturated/α-hetero) is 1. The number of fused-ring (bicyclic) bond motifs is 1. The molecule has 27 heavy (non-hydrogen) atoms. The Kier molecular flexibility index (Phi) is 5.44. The lowest BCUT2D eigenvalue weighted by Crippen LogP contribution is -2.25. The average Bonchev–Trinajstić information content (AvgIpc) is 3.22. The molecule has 0 amide bonds. The van der Waals surface area contributed by atoms with Gasteiger partial charge in [0, 0.05) is 13.0 Å². The van der Waals surface area contributed by atoms with E-state index in [0.29, 0.717) is 13.0 Å². The minimum Gasteiger partial charge on any atom is -0.497 e. The maximum absolute atomic E-state index is 12.6. The summed E-state index contributed by atoms with van der Waals surface area (Å²) in [5, 5.41) is 0. The Labute approximate surface area is 161 Å². The molecular formula is C23H27NO3. The van der Waals surface area contributed by atoms with Gasteiger partial charge in [-0.3, -0.25) is 9.69 Å². The van der Waals surface area contributed by atoms with E-state index < -0.39 is 0 Å². The number of aryl methyl sites for hydroxylation is 1. The summed E-state index contributed by atoms with van der Waals surface area (Å²) in [7, 11) is 1.68. The van der Waals surface area contributed by atoms with Gasteiger partial charge in [0.1, 0.15) is 23.9 Å². The Morgan fingerprint density at radius 1 is 1.00 bits per heavy atom. The fraction of sp³-hybridized carbons (Fsp3) is 0.435. The molecule has 1 atom stereocenters.